The Morgan fingerprint density at radius 1 is 0.931 bits per heavy atom. The van der Waals surface area contributed by atoms with Gasteiger partial charge in [0.2, 0.25) is 0 Å². The molecule has 29 heavy (non-hydrogen) atoms. The first kappa shape index (κ1) is 22.2. The van der Waals surface area contributed by atoms with Crippen LogP contribution in [0.2, 0.25) is 0 Å². The molecule has 6 nitrogen and oxygen atoms in total. The molecule has 7 heteroatoms. The summed E-state index contributed by atoms with van der Waals surface area (Å²) in [4.78, 5) is 22.6. The van der Waals surface area contributed by atoms with E-state index in [4.69, 9.17) is 14.3 Å². The Bertz CT molecular complexity index is 948. The Hall–Kier alpha value is -3.09. The van der Waals surface area contributed by atoms with E-state index in [0.717, 1.165) is 22.6 Å². The molecule has 1 heterocycles. The average molecular weight is 416 g/mol. The maximum Gasteiger partial charge on any atom is 0.338 e. The van der Waals surface area contributed by atoms with Crippen LogP contribution in [0.5, 0.6) is 0 Å². The molecule has 0 spiro atoms. The van der Waals surface area contributed by atoms with Gasteiger partial charge in [-0.15, -0.1) is 12.4 Å². The topological polar surface area (TPSA) is 88.8 Å². The van der Waals surface area contributed by atoms with Crippen LogP contribution in [0.15, 0.2) is 65.1 Å². The molecule has 0 saturated carbocycles. The van der Waals surface area contributed by atoms with Gasteiger partial charge in [-0.3, -0.25) is 0 Å². The fourth-order valence-corrected chi connectivity index (χ4v) is 2.71. The van der Waals surface area contributed by atoms with Crippen LogP contribution in [0.4, 0.5) is 0 Å². The molecular formula is C22H22ClNO5. The van der Waals surface area contributed by atoms with Gasteiger partial charge in [-0.1, -0.05) is 24.3 Å². The molecule has 0 aliphatic heterocycles. The van der Waals surface area contributed by atoms with Crippen molar-refractivity contribution in [3.05, 3.63) is 83.1 Å². The Balaban J connectivity index is 0.00000300. The van der Waals surface area contributed by atoms with Crippen molar-refractivity contribution in [1.29, 1.82) is 0 Å². The lowest BCUT2D eigenvalue weighted by atomic mass is 10.1. The van der Waals surface area contributed by atoms with Crippen molar-refractivity contribution in [1.82, 2.24) is 5.32 Å². The van der Waals surface area contributed by atoms with E-state index in [0.29, 0.717) is 25.3 Å². The van der Waals surface area contributed by atoms with Crippen LogP contribution >= 0.6 is 12.4 Å². The highest BCUT2D eigenvalue weighted by Gasteiger charge is 2.09. The van der Waals surface area contributed by atoms with Gasteiger partial charge >= 0.3 is 11.9 Å². The van der Waals surface area contributed by atoms with Gasteiger partial charge in [-0.25, -0.2) is 9.59 Å². The highest BCUT2D eigenvalue weighted by molar-refractivity contribution is 5.90. The van der Waals surface area contributed by atoms with Crippen LogP contribution in [0, 0.1) is 0 Å². The number of furan rings is 1. The minimum atomic E-state index is -0.932. The third kappa shape index (κ3) is 5.94. The Morgan fingerprint density at radius 2 is 1.59 bits per heavy atom. The summed E-state index contributed by atoms with van der Waals surface area (Å²) in [6.45, 7) is 3.26. The van der Waals surface area contributed by atoms with E-state index in [1.54, 1.807) is 43.3 Å². The summed E-state index contributed by atoms with van der Waals surface area (Å²) in [6.07, 6.45) is 0. The van der Waals surface area contributed by atoms with Crippen molar-refractivity contribution in [2.45, 2.75) is 20.0 Å². The number of benzene rings is 2. The van der Waals surface area contributed by atoms with Crippen LogP contribution in [0.3, 0.4) is 0 Å². The Kier molecular flexibility index (Phi) is 8.00. The molecule has 0 fully saturated rings. The number of carbonyl (C=O) groups is 2. The molecule has 0 aliphatic rings. The summed E-state index contributed by atoms with van der Waals surface area (Å²) in [5.41, 5.74) is 2.65. The number of carboxylic acids is 1. The minimum Gasteiger partial charge on any atom is -0.478 e. The number of carbonyl (C=O) groups excluding carboxylic acids is 1. The zero-order valence-electron chi connectivity index (χ0n) is 15.9. The van der Waals surface area contributed by atoms with E-state index < -0.39 is 5.97 Å². The predicted molar refractivity (Wildman–Crippen MR) is 111 cm³/mol. The van der Waals surface area contributed by atoms with Gasteiger partial charge in [-0.2, -0.15) is 0 Å². The predicted octanol–water partition coefficient (Wildman–Crippen LogP) is 4.53. The Morgan fingerprint density at radius 3 is 2.21 bits per heavy atom. The van der Waals surface area contributed by atoms with Crippen molar-refractivity contribution >= 4 is 24.3 Å². The lowest BCUT2D eigenvalue weighted by Crippen LogP contribution is -2.12. The second-order valence-corrected chi connectivity index (χ2v) is 6.17. The molecular weight excluding hydrogens is 394 g/mol. The summed E-state index contributed by atoms with van der Waals surface area (Å²) in [5.74, 6) is 0.234. The monoisotopic (exact) mass is 415 g/mol. The summed E-state index contributed by atoms with van der Waals surface area (Å²) in [5, 5.41) is 12.2. The molecule has 1 aromatic heterocycles. The van der Waals surface area contributed by atoms with E-state index in [1.165, 1.54) is 0 Å². The molecule has 0 saturated heterocycles. The van der Waals surface area contributed by atoms with Gasteiger partial charge in [0.15, 0.2) is 0 Å². The fraction of sp³-hybridized carbons (Fsp3) is 0.182. The van der Waals surface area contributed by atoms with Crippen LogP contribution in [0.25, 0.3) is 11.3 Å². The van der Waals surface area contributed by atoms with E-state index in [2.05, 4.69) is 5.32 Å². The zero-order valence-corrected chi connectivity index (χ0v) is 16.7. The van der Waals surface area contributed by atoms with Crippen molar-refractivity contribution in [3.8, 4) is 11.3 Å². The smallest absolute Gasteiger partial charge is 0.338 e. The number of aromatic carboxylic acids is 1. The van der Waals surface area contributed by atoms with Gasteiger partial charge in [0.1, 0.15) is 11.5 Å². The molecule has 3 aromatic rings. The number of hydrogen-bond donors (Lipinski definition) is 2. The highest BCUT2D eigenvalue weighted by Crippen LogP contribution is 2.23. The molecule has 2 aromatic carbocycles. The maximum absolute atomic E-state index is 11.7. The van der Waals surface area contributed by atoms with E-state index in [9.17, 15) is 9.59 Å². The van der Waals surface area contributed by atoms with Crippen LogP contribution in [0.1, 0.15) is 39.0 Å². The normalized spacial score (nSPS) is 10.2. The molecule has 152 valence electrons. The summed E-state index contributed by atoms with van der Waals surface area (Å²) in [7, 11) is 0. The number of ether oxygens (including phenoxy) is 1. The first-order chi connectivity index (χ1) is 13.6. The summed E-state index contributed by atoms with van der Waals surface area (Å²) < 4.78 is 10.8. The number of carboxylic acid groups (broad SMARTS) is 1. The maximum atomic E-state index is 11.7. The highest BCUT2D eigenvalue weighted by atomic mass is 35.5. The summed E-state index contributed by atoms with van der Waals surface area (Å²) >= 11 is 0. The number of hydrogen-bond acceptors (Lipinski definition) is 5. The van der Waals surface area contributed by atoms with Gasteiger partial charge < -0.3 is 19.6 Å². The van der Waals surface area contributed by atoms with E-state index in [-0.39, 0.29) is 23.9 Å². The number of esters is 1. The second-order valence-electron chi connectivity index (χ2n) is 6.17. The van der Waals surface area contributed by atoms with Crippen LogP contribution in [-0.2, 0) is 17.8 Å². The third-order valence-electron chi connectivity index (χ3n) is 4.17. The van der Waals surface area contributed by atoms with E-state index >= 15 is 0 Å². The molecule has 0 atom stereocenters. The quantitative estimate of drug-likeness (QED) is 0.525. The molecule has 0 radical (unpaired) electrons. The lowest BCUT2D eigenvalue weighted by molar-refractivity contribution is 0.0526. The Labute approximate surface area is 174 Å². The van der Waals surface area contributed by atoms with Gasteiger partial charge in [0.05, 0.1) is 24.3 Å². The zero-order chi connectivity index (χ0) is 19.9. The van der Waals surface area contributed by atoms with Crippen molar-refractivity contribution in [3.63, 3.8) is 0 Å². The van der Waals surface area contributed by atoms with Crippen molar-refractivity contribution in [2.24, 2.45) is 0 Å². The van der Waals surface area contributed by atoms with Crippen LogP contribution < -0.4 is 5.32 Å². The van der Waals surface area contributed by atoms with E-state index in [1.807, 2.05) is 24.3 Å². The number of nitrogens with one attached hydrogen (secondary N) is 1. The average Bonchev–Trinajstić information content (AvgIpc) is 3.17. The minimum absolute atomic E-state index is 0. The van der Waals surface area contributed by atoms with Gasteiger partial charge in [0, 0.05) is 12.1 Å². The third-order valence-corrected chi connectivity index (χ3v) is 4.17. The lowest BCUT2D eigenvalue weighted by Gasteiger charge is -2.04. The number of rotatable bonds is 8. The van der Waals surface area contributed by atoms with Crippen molar-refractivity contribution in [2.75, 3.05) is 6.61 Å². The van der Waals surface area contributed by atoms with Gasteiger partial charge in [-0.05, 0) is 48.9 Å². The molecule has 0 unspecified atom stereocenters. The molecule has 0 aliphatic carbocycles. The SMILES string of the molecule is CCOC(=O)c1ccc(-c2ccc(CNCc3ccc(C(=O)O)cc3)o2)cc1.Cl. The molecule has 0 bridgehead atoms. The first-order valence-electron chi connectivity index (χ1n) is 8.96. The molecule has 2 N–H and O–H groups in total. The van der Waals surface area contributed by atoms with Crippen LogP contribution in [-0.4, -0.2) is 23.7 Å². The largest absolute Gasteiger partial charge is 0.478 e. The molecule has 3 rings (SSSR count). The second kappa shape index (κ2) is 10.5. The molecule has 0 amide bonds. The standard InChI is InChI=1S/C22H21NO5.ClH/c1-2-27-22(26)18-9-7-16(8-10-18)20-12-11-19(28-20)14-23-13-15-3-5-17(6-4-15)21(24)25;/h3-12,23H,2,13-14H2,1H3,(H,24,25);1H. The van der Waals surface area contributed by atoms with Crippen molar-refractivity contribution < 1.29 is 23.8 Å². The fourth-order valence-electron chi connectivity index (χ4n) is 2.71. The first-order valence-corrected chi connectivity index (χ1v) is 8.96. The summed E-state index contributed by atoms with van der Waals surface area (Å²) in [6, 6.07) is 17.6. The van der Waals surface area contributed by atoms with Gasteiger partial charge in [0.25, 0.3) is 0 Å². The number of halogens is 1.